The summed E-state index contributed by atoms with van der Waals surface area (Å²) in [6.45, 7) is 1.90. The van der Waals surface area contributed by atoms with Gasteiger partial charge in [-0.3, -0.25) is 4.79 Å². The van der Waals surface area contributed by atoms with E-state index < -0.39 is 9.84 Å². The lowest BCUT2D eigenvalue weighted by molar-refractivity contribution is 0.102. The minimum atomic E-state index is -3.02. The lowest BCUT2D eigenvalue weighted by Gasteiger charge is -2.16. The molecule has 0 radical (unpaired) electrons. The van der Waals surface area contributed by atoms with Gasteiger partial charge in [0.2, 0.25) is 0 Å². The number of aryl methyl sites for hydroxylation is 1. The van der Waals surface area contributed by atoms with Crippen LogP contribution in [0.5, 0.6) is 0 Å². The second kappa shape index (κ2) is 6.17. The number of amides is 1. The maximum Gasteiger partial charge on any atom is 0.257 e. The van der Waals surface area contributed by atoms with Crippen LogP contribution in [-0.2, 0) is 21.3 Å². The Balaban J connectivity index is 1.69. The van der Waals surface area contributed by atoms with Crippen molar-refractivity contribution in [3.05, 3.63) is 46.6 Å². The second-order valence-electron chi connectivity index (χ2n) is 6.54. The molecule has 1 amide bonds. The first-order valence-electron chi connectivity index (χ1n) is 8.20. The van der Waals surface area contributed by atoms with Crippen LogP contribution in [0.2, 0.25) is 0 Å². The fourth-order valence-corrected chi connectivity index (χ4v) is 6.13. The Morgan fingerprint density at radius 3 is 2.84 bits per heavy atom. The standard InChI is InChI=1S/C17H19N3O3S2/c1-11-4-2-3-5-13(11)17(21)18-16-14-8-24-9-15(14)19-20(16)12-6-7-25(22,23)10-12/h2-5,12H,6-10H2,1H3,(H,18,21). The molecule has 1 saturated heterocycles. The predicted molar refractivity (Wildman–Crippen MR) is 98.7 cm³/mol. The van der Waals surface area contributed by atoms with Gasteiger partial charge in [-0.2, -0.15) is 16.9 Å². The van der Waals surface area contributed by atoms with E-state index in [0.717, 1.165) is 28.3 Å². The van der Waals surface area contributed by atoms with Gasteiger partial charge in [-0.15, -0.1) is 0 Å². The molecular formula is C17H19N3O3S2. The molecule has 0 saturated carbocycles. The summed E-state index contributed by atoms with van der Waals surface area (Å²) in [6.07, 6.45) is 0.545. The van der Waals surface area contributed by atoms with E-state index in [0.29, 0.717) is 17.8 Å². The van der Waals surface area contributed by atoms with Crippen molar-refractivity contribution in [1.29, 1.82) is 0 Å². The van der Waals surface area contributed by atoms with E-state index in [1.165, 1.54) is 0 Å². The van der Waals surface area contributed by atoms with Crippen molar-refractivity contribution in [3.63, 3.8) is 0 Å². The van der Waals surface area contributed by atoms with E-state index in [1.54, 1.807) is 22.5 Å². The van der Waals surface area contributed by atoms with Crippen LogP contribution in [0, 0.1) is 6.92 Å². The first kappa shape index (κ1) is 16.7. The number of nitrogens with zero attached hydrogens (tertiary/aromatic N) is 2. The largest absolute Gasteiger partial charge is 0.306 e. The summed E-state index contributed by atoms with van der Waals surface area (Å²) in [7, 11) is -3.02. The molecule has 6 nitrogen and oxygen atoms in total. The van der Waals surface area contributed by atoms with Crippen molar-refractivity contribution in [1.82, 2.24) is 9.78 Å². The van der Waals surface area contributed by atoms with Crippen molar-refractivity contribution in [2.24, 2.45) is 0 Å². The molecule has 4 rings (SSSR count). The average molecular weight is 377 g/mol. The van der Waals surface area contributed by atoms with Crippen molar-refractivity contribution < 1.29 is 13.2 Å². The van der Waals surface area contributed by atoms with E-state index in [4.69, 9.17) is 0 Å². The van der Waals surface area contributed by atoms with Gasteiger partial charge in [-0.05, 0) is 25.0 Å². The third-order valence-electron chi connectivity index (χ3n) is 4.75. The number of carbonyl (C=O) groups is 1. The smallest absolute Gasteiger partial charge is 0.257 e. The van der Waals surface area contributed by atoms with Crippen LogP contribution in [0.25, 0.3) is 0 Å². The summed E-state index contributed by atoms with van der Waals surface area (Å²) in [4.78, 5) is 12.7. The highest BCUT2D eigenvalue weighted by Crippen LogP contribution is 2.38. The summed E-state index contributed by atoms with van der Waals surface area (Å²) in [5.74, 6) is 2.35. The van der Waals surface area contributed by atoms with Crippen LogP contribution in [0.1, 0.15) is 39.6 Å². The Morgan fingerprint density at radius 2 is 2.12 bits per heavy atom. The molecule has 25 heavy (non-hydrogen) atoms. The molecule has 2 aromatic rings. The zero-order chi connectivity index (χ0) is 17.6. The second-order valence-corrected chi connectivity index (χ2v) is 9.75. The molecule has 2 aliphatic rings. The highest BCUT2D eigenvalue weighted by Gasteiger charge is 2.34. The molecule has 1 aromatic heterocycles. The van der Waals surface area contributed by atoms with Crippen LogP contribution in [-0.4, -0.2) is 35.6 Å². The minimum absolute atomic E-state index is 0.0912. The lowest BCUT2D eigenvalue weighted by Crippen LogP contribution is -2.21. The topological polar surface area (TPSA) is 81.1 Å². The molecule has 1 unspecified atom stereocenters. The number of nitrogens with one attached hydrogen (secondary N) is 1. The zero-order valence-corrected chi connectivity index (χ0v) is 15.5. The number of fused-ring (bicyclic) bond motifs is 1. The van der Waals surface area contributed by atoms with Gasteiger partial charge >= 0.3 is 0 Å². The average Bonchev–Trinajstić information content (AvgIpc) is 3.23. The number of rotatable bonds is 3. The fraction of sp³-hybridized carbons (Fsp3) is 0.412. The number of sulfone groups is 1. The molecule has 1 aromatic carbocycles. The van der Waals surface area contributed by atoms with Crippen molar-refractivity contribution in [3.8, 4) is 0 Å². The van der Waals surface area contributed by atoms with Gasteiger partial charge < -0.3 is 5.32 Å². The molecule has 8 heteroatoms. The maximum atomic E-state index is 12.7. The van der Waals surface area contributed by atoms with E-state index >= 15 is 0 Å². The molecular weight excluding hydrogens is 358 g/mol. The monoisotopic (exact) mass is 377 g/mol. The summed E-state index contributed by atoms with van der Waals surface area (Å²) >= 11 is 1.76. The Kier molecular flexibility index (Phi) is 4.11. The third-order valence-corrected chi connectivity index (χ3v) is 7.47. The Hall–Kier alpha value is -1.80. The highest BCUT2D eigenvalue weighted by molar-refractivity contribution is 7.98. The van der Waals surface area contributed by atoms with E-state index in [9.17, 15) is 13.2 Å². The van der Waals surface area contributed by atoms with Crippen LogP contribution < -0.4 is 5.32 Å². The normalized spacial score (nSPS) is 21.2. The highest BCUT2D eigenvalue weighted by atomic mass is 32.2. The van der Waals surface area contributed by atoms with Crippen LogP contribution in [0.4, 0.5) is 5.82 Å². The van der Waals surface area contributed by atoms with Gasteiger partial charge in [0, 0.05) is 22.6 Å². The molecule has 0 bridgehead atoms. The molecule has 0 aliphatic carbocycles. The number of benzene rings is 1. The number of carbonyl (C=O) groups excluding carboxylic acids is 1. The molecule has 132 valence electrons. The van der Waals surface area contributed by atoms with Gasteiger partial charge in [0.15, 0.2) is 9.84 Å². The molecule has 1 atom stereocenters. The van der Waals surface area contributed by atoms with E-state index in [1.807, 2.05) is 25.1 Å². The maximum absolute atomic E-state index is 12.7. The summed E-state index contributed by atoms with van der Waals surface area (Å²) in [6, 6.07) is 7.22. The number of hydrogen-bond acceptors (Lipinski definition) is 5. The fourth-order valence-electron chi connectivity index (χ4n) is 3.40. The molecule has 1 N–H and O–H groups in total. The van der Waals surface area contributed by atoms with Crippen molar-refractivity contribution >= 4 is 33.3 Å². The van der Waals surface area contributed by atoms with Crippen LogP contribution in [0.3, 0.4) is 0 Å². The van der Waals surface area contributed by atoms with Gasteiger partial charge in [0.1, 0.15) is 5.82 Å². The van der Waals surface area contributed by atoms with E-state index in [-0.39, 0.29) is 23.5 Å². The van der Waals surface area contributed by atoms with Crippen LogP contribution >= 0.6 is 11.8 Å². The van der Waals surface area contributed by atoms with E-state index in [2.05, 4.69) is 10.4 Å². The third kappa shape index (κ3) is 3.08. The number of aromatic nitrogens is 2. The number of anilines is 1. The number of hydrogen-bond donors (Lipinski definition) is 1. The molecule has 0 spiro atoms. The summed E-state index contributed by atoms with van der Waals surface area (Å²) < 4.78 is 25.5. The van der Waals surface area contributed by atoms with Gasteiger partial charge in [-0.25, -0.2) is 13.1 Å². The zero-order valence-electron chi connectivity index (χ0n) is 13.9. The summed E-state index contributed by atoms with van der Waals surface area (Å²) in [5.41, 5.74) is 3.50. The number of thioether (sulfide) groups is 1. The SMILES string of the molecule is Cc1ccccc1C(=O)Nc1c2c(nn1C1CCS(=O)(=O)C1)CSC2. The molecule has 3 heterocycles. The Labute approximate surface area is 150 Å². The molecule has 2 aliphatic heterocycles. The lowest BCUT2D eigenvalue weighted by atomic mass is 10.1. The van der Waals surface area contributed by atoms with Gasteiger partial charge in [0.05, 0.1) is 23.2 Å². The first-order valence-corrected chi connectivity index (χ1v) is 11.2. The Morgan fingerprint density at radius 1 is 1.32 bits per heavy atom. The first-order chi connectivity index (χ1) is 11.9. The summed E-state index contributed by atoms with van der Waals surface area (Å²) in [5, 5.41) is 7.63. The molecule has 1 fully saturated rings. The predicted octanol–water partition coefficient (Wildman–Crippen LogP) is 2.55. The Bertz CT molecular complexity index is 950. The van der Waals surface area contributed by atoms with Gasteiger partial charge in [0.25, 0.3) is 5.91 Å². The van der Waals surface area contributed by atoms with Crippen LogP contribution in [0.15, 0.2) is 24.3 Å². The van der Waals surface area contributed by atoms with Crippen molar-refractivity contribution in [2.75, 3.05) is 16.8 Å². The van der Waals surface area contributed by atoms with Gasteiger partial charge in [-0.1, -0.05) is 18.2 Å². The minimum Gasteiger partial charge on any atom is -0.306 e. The quantitative estimate of drug-likeness (QED) is 0.889. The van der Waals surface area contributed by atoms with Crippen molar-refractivity contribution in [2.45, 2.75) is 30.9 Å².